The maximum Gasteiger partial charge on any atom is 0.161 e. The highest BCUT2D eigenvalue weighted by atomic mass is 16.5. The third-order valence-corrected chi connectivity index (χ3v) is 4.58. The van der Waals surface area contributed by atoms with Gasteiger partial charge in [-0.25, -0.2) is 0 Å². The van der Waals surface area contributed by atoms with E-state index >= 15 is 0 Å². The number of fused-ring (bicyclic) bond motifs is 5. The average Bonchev–Trinajstić information content (AvgIpc) is 3.09. The SMILES string of the molecule is CCCCC(=O)[C@H]1C[C@H]2O[C@@H]1c1cc(OC)c(OC)cc12. The lowest BCUT2D eigenvalue weighted by atomic mass is 9.80. The van der Waals surface area contributed by atoms with Gasteiger partial charge in [-0.3, -0.25) is 4.79 Å². The smallest absolute Gasteiger partial charge is 0.161 e. The van der Waals surface area contributed by atoms with Gasteiger partial charge in [-0.15, -0.1) is 0 Å². The molecule has 0 amide bonds. The Morgan fingerprint density at radius 1 is 1.24 bits per heavy atom. The lowest BCUT2D eigenvalue weighted by Gasteiger charge is -2.21. The van der Waals surface area contributed by atoms with Crippen LogP contribution in [0, 0.1) is 5.92 Å². The van der Waals surface area contributed by atoms with Crippen molar-refractivity contribution in [2.45, 2.75) is 44.8 Å². The molecule has 21 heavy (non-hydrogen) atoms. The van der Waals surface area contributed by atoms with Gasteiger partial charge in [0.25, 0.3) is 0 Å². The van der Waals surface area contributed by atoms with Crippen LogP contribution < -0.4 is 9.47 Å². The molecule has 2 heterocycles. The second kappa shape index (κ2) is 5.68. The number of carbonyl (C=O) groups is 1. The molecule has 3 atom stereocenters. The van der Waals surface area contributed by atoms with Crippen molar-refractivity contribution in [1.29, 1.82) is 0 Å². The summed E-state index contributed by atoms with van der Waals surface area (Å²) in [5.41, 5.74) is 2.25. The lowest BCUT2D eigenvalue weighted by Crippen LogP contribution is -2.20. The fourth-order valence-corrected chi connectivity index (χ4v) is 3.44. The number of ketones is 1. The molecule has 1 aromatic carbocycles. The number of Topliss-reactive ketones (excluding diaryl/α,β-unsaturated/α-hetero) is 1. The van der Waals surface area contributed by atoms with Crippen molar-refractivity contribution in [1.82, 2.24) is 0 Å². The van der Waals surface area contributed by atoms with Gasteiger partial charge in [0.15, 0.2) is 11.5 Å². The minimum Gasteiger partial charge on any atom is -0.493 e. The number of hydrogen-bond donors (Lipinski definition) is 0. The van der Waals surface area contributed by atoms with Gasteiger partial charge in [0, 0.05) is 6.42 Å². The van der Waals surface area contributed by atoms with Gasteiger partial charge in [-0.05, 0) is 36.1 Å². The third-order valence-electron chi connectivity index (χ3n) is 4.58. The van der Waals surface area contributed by atoms with Gasteiger partial charge in [0.1, 0.15) is 5.78 Å². The fraction of sp³-hybridized carbons (Fsp3) is 0.588. The minimum atomic E-state index is -0.103. The first-order valence-electron chi connectivity index (χ1n) is 7.63. The summed E-state index contributed by atoms with van der Waals surface area (Å²) >= 11 is 0. The number of benzene rings is 1. The maximum absolute atomic E-state index is 12.3. The second-order valence-corrected chi connectivity index (χ2v) is 5.79. The molecule has 0 unspecified atom stereocenters. The predicted molar refractivity (Wildman–Crippen MR) is 78.8 cm³/mol. The number of hydrogen-bond acceptors (Lipinski definition) is 4. The first-order valence-corrected chi connectivity index (χ1v) is 7.63. The van der Waals surface area contributed by atoms with E-state index in [2.05, 4.69) is 6.92 Å². The van der Waals surface area contributed by atoms with E-state index in [1.54, 1.807) is 14.2 Å². The van der Waals surface area contributed by atoms with Crippen molar-refractivity contribution < 1.29 is 19.0 Å². The monoisotopic (exact) mass is 290 g/mol. The predicted octanol–water partition coefficient (Wildman–Crippen LogP) is 3.60. The average molecular weight is 290 g/mol. The van der Waals surface area contributed by atoms with Crippen LogP contribution in [0.15, 0.2) is 12.1 Å². The molecule has 114 valence electrons. The van der Waals surface area contributed by atoms with Crippen LogP contribution in [0.1, 0.15) is 55.9 Å². The summed E-state index contributed by atoms with van der Waals surface area (Å²) in [5.74, 6) is 1.77. The van der Waals surface area contributed by atoms with Gasteiger partial charge in [-0.2, -0.15) is 0 Å². The van der Waals surface area contributed by atoms with Crippen LogP contribution in [-0.4, -0.2) is 20.0 Å². The van der Waals surface area contributed by atoms with E-state index in [-0.39, 0.29) is 18.1 Å². The first kappa shape index (κ1) is 14.4. The molecule has 4 heteroatoms. The summed E-state index contributed by atoms with van der Waals surface area (Å²) in [5, 5.41) is 0. The Labute approximate surface area is 125 Å². The lowest BCUT2D eigenvalue weighted by molar-refractivity contribution is -0.124. The van der Waals surface area contributed by atoms with Gasteiger partial charge >= 0.3 is 0 Å². The maximum atomic E-state index is 12.3. The molecule has 0 radical (unpaired) electrons. The summed E-state index contributed by atoms with van der Waals surface area (Å²) in [7, 11) is 3.26. The van der Waals surface area contributed by atoms with E-state index in [1.165, 1.54) is 0 Å². The van der Waals surface area contributed by atoms with Gasteiger partial charge < -0.3 is 14.2 Å². The first-order chi connectivity index (χ1) is 10.2. The molecule has 2 aliphatic rings. The van der Waals surface area contributed by atoms with Gasteiger partial charge in [-0.1, -0.05) is 13.3 Å². The molecular formula is C17H22O4. The molecular weight excluding hydrogens is 268 g/mol. The Morgan fingerprint density at radius 2 is 1.90 bits per heavy atom. The Bertz CT molecular complexity index is 552. The van der Waals surface area contributed by atoms with Gasteiger partial charge in [0.05, 0.1) is 32.3 Å². The zero-order valence-electron chi connectivity index (χ0n) is 12.8. The number of methoxy groups -OCH3 is 2. The van der Waals surface area contributed by atoms with Crippen molar-refractivity contribution in [2.75, 3.05) is 14.2 Å². The van der Waals surface area contributed by atoms with Crippen LogP contribution in [0.3, 0.4) is 0 Å². The summed E-state index contributed by atoms with van der Waals surface area (Å²) in [6.45, 7) is 2.11. The van der Waals surface area contributed by atoms with E-state index in [0.717, 1.165) is 36.1 Å². The summed E-state index contributed by atoms with van der Waals surface area (Å²) in [4.78, 5) is 12.3. The molecule has 0 spiro atoms. The van der Waals surface area contributed by atoms with Crippen LogP contribution in [0.5, 0.6) is 11.5 Å². The van der Waals surface area contributed by atoms with E-state index < -0.39 is 0 Å². The van der Waals surface area contributed by atoms with Crippen LogP contribution in [0.4, 0.5) is 0 Å². The summed E-state index contributed by atoms with van der Waals surface area (Å²) in [6, 6.07) is 3.96. The highest BCUT2D eigenvalue weighted by Crippen LogP contribution is 2.56. The van der Waals surface area contributed by atoms with Gasteiger partial charge in [0.2, 0.25) is 0 Å². The van der Waals surface area contributed by atoms with Crippen LogP contribution >= 0.6 is 0 Å². The molecule has 0 saturated carbocycles. The highest BCUT2D eigenvalue weighted by molar-refractivity contribution is 5.83. The van der Waals surface area contributed by atoms with Crippen molar-refractivity contribution >= 4 is 5.78 Å². The number of ether oxygens (including phenoxy) is 3. The van der Waals surface area contributed by atoms with Crippen LogP contribution in [0.25, 0.3) is 0 Å². The Hall–Kier alpha value is -1.55. The number of carbonyl (C=O) groups excluding carboxylic acids is 1. The topological polar surface area (TPSA) is 44.8 Å². The number of unbranched alkanes of at least 4 members (excludes halogenated alkanes) is 1. The second-order valence-electron chi connectivity index (χ2n) is 5.79. The quantitative estimate of drug-likeness (QED) is 0.803. The Kier molecular flexibility index (Phi) is 3.89. The molecule has 0 N–H and O–H groups in total. The van der Waals surface area contributed by atoms with Crippen LogP contribution in [0.2, 0.25) is 0 Å². The molecule has 3 rings (SSSR count). The highest BCUT2D eigenvalue weighted by Gasteiger charge is 2.48. The standard InChI is InChI=1S/C17H22O4/c1-4-5-6-13(18)12-9-14-10-7-15(19-2)16(20-3)8-11(10)17(12)21-14/h7-8,12,14,17H,4-6,9H2,1-3H3/t12-,14-,17-/m1/s1. The van der Waals surface area contributed by atoms with E-state index in [9.17, 15) is 4.79 Å². The number of rotatable bonds is 6. The van der Waals surface area contributed by atoms with E-state index in [4.69, 9.17) is 14.2 Å². The zero-order valence-corrected chi connectivity index (χ0v) is 12.8. The Morgan fingerprint density at radius 3 is 2.52 bits per heavy atom. The normalized spacial score (nSPS) is 25.8. The van der Waals surface area contributed by atoms with E-state index in [1.807, 2.05) is 12.1 Å². The minimum absolute atomic E-state index is 0.00662. The molecule has 0 aromatic heterocycles. The third kappa shape index (κ3) is 2.31. The summed E-state index contributed by atoms with van der Waals surface area (Å²) < 4.78 is 16.7. The van der Waals surface area contributed by atoms with Crippen LogP contribution in [-0.2, 0) is 9.53 Å². The Balaban J connectivity index is 1.87. The molecule has 4 nitrogen and oxygen atoms in total. The summed E-state index contributed by atoms with van der Waals surface area (Å²) in [6.07, 6.45) is 3.40. The van der Waals surface area contributed by atoms with Crippen molar-refractivity contribution in [2.24, 2.45) is 5.92 Å². The zero-order chi connectivity index (χ0) is 15.0. The molecule has 1 fully saturated rings. The molecule has 0 aliphatic carbocycles. The molecule has 2 aliphatic heterocycles. The molecule has 1 saturated heterocycles. The van der Waals surface area contributed by atoms with Crippen molar-refractivity contribution in [3.05, 3.63) is 23.3 Å². The molecule has 2 bridgehead atoms. The fourth-order valence-electron chi connectivity index (χ4n) is 3.44. The van der Waals surface area contributed by atoms with Crippen molar-refractivity contribution in [3.8, 4) is 11.5 Å². The molecule has 1 aromatic rings. The van der Waals surface area contributed by atoms with Crippen molar-refractivity contribution in [3.63, 3.8) is 0 Å². The van der Waals surface area contributed by atoms with E-state index in [0.29, 0.717) is 18.0 Å². The largest absolute Gasteiger partial charge is 0.493 e.